The van der Waals surface area contributed by atoms with Gasteiger partial charge >= 0.3 is 5.69 Å². The van der Waals surface area contributed by atoms with Crippen LogP contribution >= 0.6 is 23.4 Å². The second kappa shape index (κ2) is 15.5. The molecule has 1 aliphatic heterocycles. The van der Waals surface area contributed by atoms with E-state index in [1.54, 1.807) is 18.3 Å². The van der Waals surface area contributed by atoms with E-state index in [0.717, 1.165) is 61.8 Å². The van der Waals surface area contributed by atoms with Crippen LogP contribution in [0.5, 0.6) is 0 Å². The van der Waals surface area contributed by atoms with Crippen molar-refractivity contribution in [1.82, 2.24) is 19.4 Å². The lowest BCUT2D eigenvalue weighted by molar-refractivity contribution is 0.0769. The van der Waals surface area contributed by atoms with Gasteiger partial charge in [-0.25, -0.2) is 9.18 Å². The molecule has 2 fully saturated rings. The van der Waals surface area contributed by atoms with Crippen LogP contribution < -0.4 is 17.2 Å². The molecule has 48 heavy (non-hydrogen) atoms. The summed E-state index contributed by atoms with van der Waals surface area (Å²) in [6.45, 7) is 0.300. The van der Waals surface area contributed by atoms with Crippen LogP contribution in [0.3, 0.4) is 0 Å². The second-order valence-corrected chi connectivity index (χ2v) is 14.7. The van der Waals surface area contributed by atoms with Crippen LogP contribution in [-0.4, -0.2) is 55.7 Å². The third-order valence-corrected chi connectivity index (χ3v) is 10.8. The smallest absolute Gasteiger partial charge is 0.354 e. The van der Waals surface area contributed by atoms with Gasteiger partial charge in [0, 0.05) is 47.6 Å². The van der Waals surface area contributed by atoms with Gasteiger partial charge in [-0.05, 0) is 112 Å². The van der Waals surface area contributed by atoms with Crippen molar-refractivity contribution in [3.63, 3.8) is 0 Å². The number of aryl methyl sites for hydroxylation is 1. The van der Waals surface area contributed by atoms with E-state index in [-0.39, 0.29) is 28.9 Å². The number of piperidine rings is 1. The molecule has 0 amide bonds. The SMILES string of the molecule is N=C(N)SCC[C@@H]1CCC[C@@H](c2ccc(-n3cc4cc(-c5cc(CCCC(N)C6CC6)cc(Cl)c5F)[nH]c4nc3=O)cc2)N1CCCF. The van der Waals surface area contributed by atoms with Gasteiger partial charge < -0.3 is 16.5 Å². The molecule has 6 rings (SSSR count). The fourth-order valence-electron chi connectivity index (χ4n) is 7.16. The van der Waals surface area contributed by atoms with Gasteiger partial charge in [-0.2, -0.15) is 4.98 Å². The molecular weight excluding hydrogens is 652 g/mol. The van der Waals surface area contributed by atoms with Gasteiger partial charge in [-0.15, -0.1) is 0 Å². The molecule has 1 unspecified atom stereocenters. The Morgan fingerprint density at radius 3 is 2.67 bits per heavy atom. The number of nitrogens with one attached hydrogen (secondary N) is 2. The Bertz CT molecular complexity index is 1790. The van der Waals surface area contributed by atoms with E-state index in [4.69, 9.17) is 28.5 Å². The highest BCUT2D eigenvalue weighted by Crippen LogP contribution is 2.37. The Morgan fingerprint density at radius 1 is 1.15 bits per heavy atom. The zero-order valence-electron chi connectivity index (χ0n) is 27.1. The molecule has 1 saturated carbocycles. The fraction of sp³-hybridized carbons (Fsp3) is 0.472. The third-order valence-electron chi connectivity index (χ3n) is 9.82. The summed E-state index contributed by atoms with van der Waals surface area (Å²) in [4.78, 5) is 23.0. The maximum absolute atomic E-state index is 15.3. The molecule has 1 aliphatic carbocycles. The highest BCUT2D eigenvalue weighted by molar-refractivity contribution is 8.13. The Morgan fingerprint density at radius 2 is 1.94 bits per heavy atom. The number of aromatic nitrogens is 3. The summed E-state index contributed by atoms with van der Waals surface area (Å²) >= 11 is 7.68. The van der Waals surface area contributed by atoms with Crippen molar-refractivity contribution in [2.75, 3.05) is 19.0 Å². The molecule has 2 aromatic carbocycles. The largest absolute Gasteiger partial charge is 0.379 e. The third kappa shape index (κ3) is 8.13. The van der Waals surface area contributed by atoms with Crippen molar-refractivity contribution in [2.24, 2.45) is 17.4 Å². The summed E-state index contributed by atoms with van der Waals surface area (Å²) in [6.07, 6.45) is 11.2. The van der Waals surface area contributed by atoms with Crippen LogP contribution in [0.25, 0.3) is 28.0 Å². The van der Waals surface area contributed by atoms with Gasteiger partial charge in [-0.3, -0.25) is 19.3 Å². The second-order valence-electron chi connectivity index (χ2n) is 13.2. The summed E-state index contributed by atoms with van der Waals surface area (Å²) in [5.41, 5.74) is 15.3. The summed E-state index contributed by atoms with van der Waals surface area (Å²) in [6, 6.07) is 13.9. The van der Waals surface area contributed by atoms with E-state index in [0.29, 0.717) is 52.9 Å². The number of likely N-dealkylation sites (tertiary alicyclic amines) is 1. The van der Waals surface area contributed by atoms with E-state index >= 15 is 4.39 Å². The molecule has 0 radical (unpaired) electrons. The number of benzene rings is 2. The minimum Gasteiger partial charge on any atom is -0.379 e. The van der Waals surface area contributed by atoms with Crippen molar-refractivity contribution in [1.29, 1.82) is 5.41 Å². The van der Waals surface area contributed by atoms with Crippen molar-refractivity contribution in [3.8, 4) is 16.9 Å². The van der Waals surface area contributed by atoms with Crippen LogP contribution in [0, 0.1) is 17.1 Å². The molecule has 2 aliphatic rings. The first-order chi connectivity index (χ1) is 23.2. The number of amidine groups is 1. The molecule has 0 spiro atoms. The Kier molecular flexibility index (Phi) is 11.2. The summed E-state index contributed by atoms with van der Waals surface area (Å²) in [5, 5.41) is 8.37. The molecule has 8 nitrogen and oxygen atoms in total. The number of nitrogens with two attached hydrogens (primary N) is 2. The number of thioether (sulfide) groups is 1. The average molecular weight is 696 g/mol. The number of nitrogens with zero attached hydrogens (tertiary/aromatic N) is 3. The molecular formula is C36H44ClF2N7OS. The van der Waals surface area contributed by atoms with Crippen molar-refractivity contribution in [3.05, 3.63) is 81.1 Å². The highest BCUT2D eigenvalue weighted by atomic mass is 35.5. The summed E-state index contributed by atoms with van der Waals surface area (Å²) in [5.74, 6) is 0.888. The maximum atomic E-state index is 15.3. The van der Waals surface area contributed by atoms with Crippen molar-refractivity contribution < 1.29 is 8.78 Å². The molecule has 12 heteroatoms. The number of hydrogen-bond donors (Lipinski definition) is 4. The molecule has 1 saturated heterocycles. The molecule has 2 aromatic heterocycles. The van der Waals surface area contributed by atoms with Gasteiger partial charge in [0.1, 0.15) is 5.65 Å². The normalized spacial score (nSPS) is 19.2. The predicted molar refractivity (Wildman–Crippen MR) is 192 cm³/mol. The Balaban J connectivity index is 1.21. The number of alkyl halides is 1. The van der Waals surface area contributed by atoms with Gasteiger partial charge in [0.25, 0.3) is 0 Å². The molecule has 3 heterocycles. The van der Waals surface area contributed by atoms with E-state index in [2.05, 4.69) is 14.9 Å². The Hall–Kier alpha value is -3.25. The first-order valence-corrected chi connectivity index (χ1v) is 18.3. The van der Waals surface area contributed by atoms with Gasteiger partial charge in [0.15, 0.2) is 11.0 Å². The van der Waals surface area contributed by atoms with E-state index in [9.17, 15) is 9.18 Å². The minimum absolute atomic E-state index is 0.0581. The quantitative estimate of drug-likeness (QED) is 0.0799. The zero-order chi connectivity index (χ0) is 33.8. The molecule has 3 atom stereocenters. The van der Waals surface area contributed by atoms with Crippen molar-refractivity contribution >= 4 is 39.6 Å². The Labute approximate surface area is 289 Å². The van der Waals surface area contributed by atoms with Crippen LogP contribution in [-0.2, 0) is 6.42 Å². The number of hydrogen-bond acceptors (Lipinski definition) is 6. The van der Waals surface area contributed by atoms with Crippen molar-refractivity contribution in [2.45, 2.75) is 82.3 Å². The summed E-state index contributed by atoms with van der Waals surface area (Å²) < 4.78 is 30.0. The van der Waals surface area contributed by atoms with Crippen LogP contribution in [0.2, 0.25) is 5.02 Å². The number of fused-ring (bicyclic) bond motifs is 1. The minimum atomic E-state index is -0.518. The van der Waals surface area contributed by atoms with Gasteiger partial charge in [-0.1, -0.05) is 35.5 Å². The number of rotatable bonds is 14. The zero-order valence-corrected chi connectivity index (χ0v) is 28.6. The van der Waals surface area contributed by atoms with E-state index in [1.807, 2.05) is 30.3 Å². The van der Waals surface area contributed by atoms with E-state index < -0.39 is 11.5 Å². The first-order valence-electron chi connectivity index (χ1n) is 17.0. The number of H-pyrrole nitrogens is 1. The lowest BCUT2D eigenvalue weighted by atomic mass is 9.89. The number of aromatic amines is 1. The molecule has 4 aromatic rings. The van der Waals surface area contributed by atoms with Crippen LogP contribution in [0.4, 0.5) is 8.78 Å². The topological polar surface area (TPSA) is 130 Å². The lowest BCUT2D eigenvalue weighted by Crippen LogP contribution is -2.43. The molecule has 0 bridgehead atoms. The molecule has 6 N–H and O–H groups in total. The average Bonchev–Trinajstić information content (AvgIpc) is 3.85. The fourth-order valence-corrected chi connectivity index (χ4v) is 8.01. The van der Waals surface area contributed by atoms with Crippen LogP contribution in [0.1, 0.15) is 75.0 Å². The standard InChI is InChI=1S/C36H44ClF2N7OS/c37-29-19-22(4-1-6-30(40)23-8-9-23)18-28(33(29)39)31-20-25-21-46(36(47)44-34(25)43-31)27-12-10-24(11-13-27)32-7-2-5-26(14-17-48-35(41)42)45(32)16-3-15-38/h10-13,18-21,23,26,30,32H,1-9,14-17,40H2,(H3,41,42)(H,43,44,47)/t26-,30?,32-/m0/s1. The molecule has 256 valence electrons. The highest BCUT2D eigenvalue weighted by Gasteiger charge is 2.31. The maximum Gasteiger partial charge on any atom is 0.354 e. The lowest BCUT2D eigenvalue weighted by Gasteiger charge is -2.42. The predicted octanol–water partition coefficient (Wildman–Crippen LogP) is 7.51. The van der Waals surface area contributed by atoms with Gasteiger partial charge in [0.05, 0.1) is 23.1 Å². The number of halogens is 3. The first kappa shape index (κ1) is 34.6. The summed E-state index contributed by atoms with van der Waals surface area (Å²) in [7, 11) is 0. The van der Waals surface area contributed by atoms with Crippen LogP contribution in [0.15, 0.2) is 53.5 Å². The van der Waals surface area contributed by atoms with E-state index in [1.165, 1.54) is 29.2 Å². The monoisotopic (exact) mass is 695 g/mol. The van der Waals surface area contributed by atoms with Gasteiger partial charge in [0.2, 0.25) is 0 Å².